The lowest BCUT2D eigenvalue weighted by molar-refractivity contribution is -0.117. The number of nitrogens with one attached hydrogen (secondary N) is 2. The maximum absolute atomic E-state index is 12.1. The van der Waals surface area contributed by atoms with Crippen molar-refractivity contribution in [3.05, 3.63) is 63.4 Å². The summed E-state index contributed by atoms with van der Waals surface area (Å²) in [6, 6.07) is 4.29. The molecular formula is C23H30N6O2. The van der Waals surface area contributed by atoms with E-state index in [-0.39, 0.29) is 11.5 Å². The van der Waals surface area contributed by atoms with E-state index < -0.39 is 0 Å². The summed E-state index contributed by atoms with van der Waals surface area (Å²) in [6.45, 7) is 9.99. The van der Waals surface area contributed by atoms with Gasteiger partial charge in [0.2, 0.25) is 0 Å². The Balaban J connectivity index is 1.60. The predicted molar refractivity (Wildman–Crippen MR) is 124 cm³/mol. The largest absolute Gasteiger partial charge is 0.372 e. The number of fused-ring (bicyclic) bond motifs is 1. The van der Waals surface area contributed by atoms with E-state index in [0.717, 1.165) is 47.5 Å². The fourth-order valence-corrected chi connectivity index (χ4v) is 3.59. The average molecular weight is 423 g/mol. The lowest BCUT2D eigenvalue weighted by atomic mass is 10.1. The smallest absolute Gasteiger partial charge is 0.269 e. The van der Waals surface area contributed by atoms with Crippen LogP contribution >= 0.6 is 0 Å². The van der Waals surface area contributed by atoms with Gasteiger partial charge in [-0.25, -0.2) is 0 Å². The maximum Gasteiger partial charge on any atom is 0.269 e. The van der Waals surface area contributed by atoms with E-state index >= 15 is 0 Å². The fourth-order valence-electron chi connectivity index (χ4n) is 3.59. The Hall–Kier alpha value is -3.26. The molecule has 164 valence electrons. The third-order valence-corrected chi connectivity index (χ3v) is 5.74. The summed E-state index contributed by atoms with van der Waals surface area (Å²) in [5.41, 5.74) is 4.74. The third kappa shape index (κ3) is 5.08. The van der Waals surface area contributed by atoms with Crippen LogP contribution in [0.5, 0.6) is 0 Å². The van der Waals surface area contributed by atoms with Crippen molar-refractivity contribution < 1.29 is 4.79 Å². The Labute approximate surface area is 182 Å². The van der Waals surface area contributed by atoms with E-state index in [2.05, 4.69) is 43.8 Å². The van der Waals surface area contributed by atoms with Crippen molar-refractivity contribution >= 4 is 23.7 Å². The van der Waals surface area contributed by atoms with Gasteiger partial charge in [0.1, 0.15) is 5.70 Å². The molecule has 8 nitrogen and oxygen atoms in total. The number of hydrogen-bond acceptors (Lipinski definition) is 6. The van der Waals surface area contributed by atoms with Crippen LogP contribution in [0.1, 0.15) is 25.0 Å². The number of likely N-dealkylation sites (N-methyl/N-ethyl adjacent to an activating group) is 2. The van der Waals surface area contributed by atoms with Crippen molar-refractivity contribution in [3.8, 4) is 0 Å². The van der Waals surface area contributed by atoms with E-state index in [1.54, 1.807) is 13.1 Å². The van der Waals surface area contributed by atoms with Gasteiger partial charge in [-0.2, -0.15) is 0 Å². The molecule has 2 N–H and O–H groups in total. The molecule has 3 heterocycles. The topological polar surface area (TPSA) is 93.7 Å². The number of carbonyl (C=O) groups excluding carboxylic acids is 1. The summed E-state index contributed by atoms with van der Waals surface area (Å²) in [4.78, 5) is 39.5. The van der Waals surface area contributed by atoms with Gasteiger partial charge in [0.05, 0.1) is 11.0 Å². The first-order valence-corrected chi connectivity index (χ1v) is 10.4. The number of aromatic nitrogens is 2. The Morgan fingerprint density at radius 3 is 2.81 bits per heavy atom. The first kappa shape index (κ1) is 22.4. The Morgan fingerprint density at radius 1 is 1.42 bits per heavy atom. The van der Waals surface area contributed by atoms with Crippen LogP contribution in [0, 0.1) is 0 Å². The van der Waals surface area contributed by atoms with Crippen LogP contribution in [-0.4, -0.2) is 65.6 Å². The molecule has 0 spiro atoms. The molecule has 1 aliphatic rings. The molecule has 1 saturated heterocycles. The van der Waals surface area contributed by atoms with Gasteiger partial charge >= 0.3 is 0 Å². The van der Waals surface area contributed by atoms with Crippen LogP contribution < -0.4 is 10.9 Å². The van der Waals surface area contributed by atoms with Crippen molar-refractivity contribution in [1.82, 2.24) is 25.1 Å². The summed E-state index contributed by atoms with van der Waals surface area (Å²) in [7, 11) is 3.67. The third-order valence-electron chi connectivity index (χ3n) is 5.74. The molecule has 2 aromatic heterocycles. The van der Waals surface area contributed by atoms with Crippen LogP contribution in [0.4, 0.5) is 0 Å². The SMILES string of the molecule is C=N/C(=C\C=C(/C)N1CC(N(C)Cc2cnc3cc(CC)c(=O)[nH]c3c2)C1)C(=O)NC. The number of nitrogens with zero attached hydrogens (tertiary/aromatic N) is 4. The highest BCUT2D eigenvalue weighted by molar-refractivity contribution is 5.93. The summed E-state index contributed by atoms with van der Waals surface area (Å²) >= 11 is 0. The fraction of sp³-hybridized carbons (Fsp3) is 0.391. The lowest BCUT2D eigenvalue weighted by Gasteiger charge is -2.46. The van der Waals surface area contributed by atoms with Gasteiger partial charge in [0, 0.05) is 50.2 Å². The molecule has 0 radical (unpaired) electrons. The molecule has 1 aliphatic heterocycles. The van der Waals surface area contributed by atoms with E-state index in [1.807, 2.05) is 38.3 Å². The zero-order valence-electron chi connectivity index (χ0n) is 18.6. The number of hydrogen-bond donors (Lipinski definition) is 2. The van der Waals surface area contributed by atoms with E-state index in [4.69, 9.17) is 0 Å². The highest BCUT2D eigenvalue weighted by Crippen LogP contribution is 2.21. The van der Waals surface area contributed by atoms with Crippen LogP contribution in [-0.2, 0) is 17.8 Å². The molecule has 0 bridgehead atoms. The molecule has 1 fully saturated rings. The van der Waals surface area contributed by atoms with Gasteiger partial charge in [-0.15, -0.1) is 0 Å². The summed E-state index contributed by atoms with van der Waals surface area (Å²) in [5, 5.41) is 2.55. The normalized spacial score (nSPS) is 15.3. The number of allylic oxidation sites excluding steroid dienone is 3. The van der Waals surface area contributed by atoms with Crippen LogP contribution in [0.3, 0.4) is 0 Å². The average Bonchev–Trinajstić information content (AvgIpc) is 2.72. The zero-order valence-corrected chi connectivity index (χ0v) is 18.6. The minimum Gasteiger partial charge on any atom is -0.372 e. The minimum absolute atomic E-state index is 0.0421. The number of rotatable bonds is 8. The van der Waals surface area contributed by atoms with Crippen molar-refractivity contribution in [2.75, 3.05) is 27.2 Å². The van der Waals surface area contributed by atoms with Gasteiger partial charge in [0.25, 0.3) is 11.5 Å². The molecule has 0 saturated carbocycles. The van der Waals surface area contributed by atoms with Crippen LogP contribution in [0.15, 0.2) is 51.7 Å². The number of H-pyrrole nitrogens is 1. The van der Waals surface area contributed by atoms with Gasteiger partial charge in [-0.3, -0.25) is 24.5 Å². The number of aromatic amines is 1. The first-order chi connectivity index (χ1) is 14.9. The van der Waals surface area contributed by atoms with Gasteiger partial charge < -0.3 is 15.2 Å². The minimum atomic E-state index is -0.253. The van der Waals surface area contributed by atoms with Crippen LogP contribution in [0.25, 0.3) is 11.0 Å². The van der Waals surface area contributed by atoms with E-state index in [1.165, 1.54) is 0 Å². The number of aliphatic imine (C=N–C) groups is 1. The van der Waals surface area contributed by atoms with Crippen molar-refractivity contribution in [2.45, 2.75) is 32.9 Å². The molecule has 31 heavy (non-hydrogen) atoms. The number of amides is 1. The molecular weight excluding hydrogens is 392 g/mol. The quantitative estimate of drug-likeness (QED) is 0.385. The highest BCUT2D eigenvalue weighted by atomic mass is 16.2. The highest BCUT2D eigenvalue weighted by Gasteiger charge is 2.29. The molecule has 0 unspecified atom stereocenters. The summed E-state index contributed by atoms with van der Waals surface area (Å²) in [6.07, 6.45) is 6.15. The number of likely N-dealkylation sites (tertiary alicyclic amines) is 1. The summed E-state index contributed by atoms with van der Waals surface area (Å²) in [5.74, 6) is -0.253. The molecule has 3 rings (SSSR count). The van der Waals surface area contributed by atoms with Crippen molar-refractivity contribution in [3.63, 3.8) is 0 Å². The molecule has 0 aliphatic carbocycles. The second kappa shape index (κ2) is 9.70. The van der Waals surface area contributed by atoms with Crippen LogP contribution in [0.2, 0.25) is 0 Å². The predicted octanol–water partition coefficient (Wildman–Crippen LogP) is 1.84. The number of pyridine rings is 2. The van der Waals surface area contributed by atoms with E-state index in [0.29, 0.717) is 18.2 Å². The zero-order chi connectivity index (χ0) is 22.5. The lowest BCUT2D eigenvalue weighted by Crippen LogP contribution is -2.57. The van der Waals surface area contributed by atoms with Crippen molar-refractivity contribution in [2.24, 2.45) is 4.99 Å². The Kier molecular flexibility index (Phi) is 7.02. The van der Waals surface area contributed by atoms with E-state index in [9.17, 15) is 9.59 Å². The maximum atomic E-state index is 12.1. The second-order valence-corrected chi connectivity index (χ2v) is 7.82. The molecule has 0 aromatic carbocycles. The van der Waals surface area contributed by atoms with Gasteiger partial charge in [-0.05, 0) is 57.0 Å². The molecule has 2 aromatic rings. The Bertz CT molecular complexity index is 1090. The molecule has 1 amide bonds. The standard InChI is InChI=1S/C23H30N6O2/c1-6-17-10-20-21(27-22(17)30)9-16(11-26-20)12-28(5)18-13-29(14-18)15(2)7-8-19(24-3)23(31)25-4/h7-11,18H,3,6,12-14H2,1-2,4-5H3,(H,25,31)(H,27,30)/b15-7+,19-8-. The van der Waals surface area contributed by atoms with Gasteiger partial charge in [0.15, 0.2) is 0 Å². The monoisotopic (exact) mass is 422 g/mol. The van der Waals surface area contributed by atoms with Gasteiger partial charge in [-0.1, -0.05) is 6.92 Å². The molecule has 0 atom stereocenters. The Morgan fingerprint density at radius 2 is 2.16 bits per heavy atom. The first-order valence-electron chi connectivity index (χ1n) is 10.4. The molecule has 8 heteroatoms. The number of carbonyl (C=O) groups is 1. The summed E-state index contributed by atoms with van der Waals surface area (Å²) < 4.78 is 0. The second-order valence-electron chi connectivity index (χ2n) is 7.82. The van der Waals surface area contributed by atoms with Crippen molar-refractivity contribution in [1.29, 1.82) is 0 Å². The number of aryl methyl sites for hydroxylation is 1.